The van der Waals surface area contributed by atoms with E-state index < -0.39 is 0 Å². The van der Waals surface area contributed by atoms with Crippen LogP contribution in [0.5, 0.6) is 0 Å². The van der Waals surface area contributed by atoms with E-state index in [2.05, 4.69) is 25.7 Å². The molecule has 0 aromatic rings. The van der Waals surface area contributed by atoms with Crippen molar-refractivity contribution in [2.75, 3.05) is 13.1 Å². The van der Waals surface area contributed by atoms with Crippen LogP contribution in [0.4, 0.5) is 0 Å². The lowest BCUT2D eigenvalue weighted by atomic mass is 9.88. The summed E-state index contributed by atoms with van der Waals surface area (Å²) in [5.41, 5.74) is 5.37. The summed E-state index contributed by atoms with van der Waals surface area (Å²) in [7, 11) is 0. The number of rotatable bonds is 6. The maximum atomic E-state index is 7.47. The first-order chi connectivity index (χ1) is 6.31. The number of nitrogens with zero attached hydrogens (tertiary/aromatic N) is 1. The van der Waals surface area contributed by atoms with E-state index in [-0.39, 0.29) is 11.3 Å². The minimum Gasteiger partial charge on any atom is -0.387 e. The molecule has 0 aliphatic rings. The molecule has 0 aliphatic heterocycles. The van der Waals surface area contributed by atoms with Crippen molar-refractivity contribution in [1.29, 1.82) is 5.41 Å². The van der Waals surface area contributed by atoms with Gasteiger partial charge in [-0.1, -0.05) is 20.8 Å². The topological polar surface area (TPSA) is 53.1 Å². The van der Waals surface area contributed by atoms with Gasteiger partial charge in [0, 0.05) is 11.5 Å². The molecular weight excluding hydrogens is 174 g/mol. The van der Waals surface area contributed by atoms with Crippen molar-refractivity contribution >= 4 is 5.84 Å². The molecule has 0 aromatic heterocycles. The van der Waals surface area contributed by atoms with Gasteiger partial charge in [-0.05, 0) is 33.4 Å². The predicted molar refractivity (Wildman–Crippen MR) is 62.7 cm³/mol. The van der Waals surface area contributed by atoms with Crippen molar-refractivity contribution in [3.63, 3.8) is 0 Å². The first kappa shape index (κ1) is 13.4. The van der Waals surface area contributed by atoms with Crippen LogP contribution in [0.15, 0.2) is 0 Å². The van der Waals surface area contributed by atoms with Crippen molar-refractivity contribution in [3.8, 4) is 0 Å². The second-order valence-electron chi connectivity index (χ2n) is 4.77. The standard InChI is InChI=1S/C11H25N3/c1-6-14(9(2)3)8-7-11(4,5)10(12)13/h9H,6-8H2,1-5H3,(H3,12,13). The van der Waals surface area contributed by atoms with E-state index in [0.29, 0.717) is 6.04 Å². The molecule has 3 N–H and O–H groups in total. The second kappa shape index (κ2) is 5.35. The van der Waals surface area contributed by atoms with Gasteiger partial charge in [-0.25, -0.2) is 0 Å². The van der Waals surface area contributed by atoms with Gasteiger partial charge < -0.3 is 10.6 Å². The molecule has 0 saturated carbocycles. The monoisotopic (exact) mass is 199 g/mol. The average molecular weight is 199 g/mol. The molecule has 0 rings (SSSR count). The van der Waals surface area contributed by atoms with E-state index in [1.807, 2.05) is 13.8 Å². The summed E-state index contributed by atoms with van der Waals surface area (Å²) in [5, 5.41) is 7.47. The summed E-state index contributed by atoms with van der Waals surface area (Å²) in [5.74, 6) is 0.289. The lowest BCUT2D eigenvalue weighted by molar-refractivity contribution is 0.211. The number of hydrogen-bond acceptors (Lipinski definition) is 2. The van der Waals surface area contributed by atoms with Crippen molar-refractivity contribution in [3.05, 3.63) is 0 Å². The van der Waals surface area contributed by atoms with Crippen LogP contribution in [0.25, 0.3) is 0 Å². The fraction of sp³-hybridized carbons (Fsp3) is 0.909. The molecule has 14 heavy (non-hydrogen) atoms. The molecular formula is C11H25N3. The molecule has 0 saturated heterocycles. The predicted octanol–water partition coefficient (Wildman–Crippen LogP) is 2.07. The number of hydrogen-bond donors (Lipinski definition) is 2. The van der Waals surface area contributed by atoms with Gasteiger partial charge >= 0.3 is 0 Å². The van der Waals surface area contributed by atoms with Gasteiger partial charge in [-0.3, -0.25) is 5.41 Å². The summed E-state index contributed by atoms with van der Waals surface area (Å²) in [6, 6.07) is 0.572. The van der Waals surface area contributed by atoms with Crippen LogP contribution < -0.4 is 5.73 Å². The Hall–Kier alpha value is -0.570. The molecule has 0 bridgehead atoms. The fourth-order valence-electron chi connectivity index (χ4n) is 1.34. The fourth-order valence-corrected chi connectivity index (χ4v) is 1.34. The van der Waals surface area contributed by atoms with Gasteiger partial charge in [0.15, 0.2) is 0 Å². The van der Waals surface area contributed by atoms with E-state index in [1.165, 1.54) is 0 Å². The van der Waals surface area contributed by atoms with E-state index in [1.54, 1.807) is 0 Å². The molecule has 0 radical (unpaired) electrons. The van der Waals surface area contributed by atoms with Gasteiger partial charge in [0.05, 0.1) is 5.84 Å². The Morgan fingerprint density at radius 2 is 1.93 bits per heavy atom. The molecule has 0 aromatic carbocycles. The lowest BCUT2D eigenvalue weighted by Gasteiger charge is -2.30. The second-order valence-corrected chi connectivity index (χ2v) is 4.77. The summed E-state index contributed by atoms with van der Waals surface area (Å²) >= 11 is 0. The zero-order valence-corrected chi connectivity index (χ0v) is 10.2. The Balaban J connectivity index is 4.09. The van der Waals surface area contributed by atoms with E-state index in [0.717, 1.165) is 19.5 Å². The SMILES string of the molecule is CCN(CCC(C)(C)C(=N)N)C(C)C. The Labute approximate surface area is 88.2 Å². The summed E-state index contributed by atoms with van der Waals surface area (Å²) < 4.78 is 0. The summed E-state index contributed by atoms with van der Waals surface area (Å²) in [6.45, 7) is 12.7. The first-order valence-electron chi connectivity index (χ1n) is 5.39. The van der Waals surface area contributed by atoms with Crippen LogP contribution in [0.1, 0.15) is 41.0 Å². The summed E-state index contributed by atoms with van der Waals surface area (Å²) in [6.07, 6.45) is 0.953. The number of nitrogens with one attached hydrogen (secondary N) is 1. The number of nitrogens with two attached hydrogens (primary N) is 1. The third-order valence-electron chi connectivity index (χ3n) is 2.89. The van der Waals surface area contributed by atoms with Crippen LogP contribution in [0.3, 0.4) is 0 Å². The minimum atomic E-state index is -0.164. The molecule has 0 atom stereocenters. The lowest BCUT2D eigenvalue weighted by Crippen LogP contribution is -2.38. The average Bonchev–Trinajstić information content (AvgIpc) is 2.04. The smallest absolute Gasteiger partial charge is 0.0963 e. The van der Waals surface area contributed by atoms with Crippen molar-refractivity contribution in [1.82, 2.24) is 4.90 Å². The normalized spacial score (nSPS) is 12.5. The highest BCUT2D eigenvalue weighted by Crippen LogP contribution is 2.20. The molecule has 0 amide bonds. The van der Waals surface area contributed by atoms with E-state index in [9.17, 15) is 0 Å². The Bertz CT molecular complexity index is 185. The van der Waals surface area contributed by atoms with Crippen molar-refractivity contribution in [2.24, 2.45) is 11.1 Å². The van der Waals surface area contributed by atoms with Gasteiger partial charge in [0.1, 0.15) is 0 Å². The van der Waals surface area contributed by atoms with Crippen molar-refractivity contribution < 1.29 is 0 Å². The van der Waals surface area contributed by atoms with E-state index in [4.69, 9.17) is 11.1 Å². The first-order valence-corrected chi connectivity index (χ1v) is 5.39. The quantitative estimate of drug-likeness (QED) is 0.508. The molecule has 0 aliphatic carbocycles. The highest BCUT2D eigenvalue weighted by Gasteiger charge is 2.22. The molecule has 0 heterocycles. The zero-order valence-electron chi connectivity index (χ0n) is 10.2. The van der Waals surface area contributed by atoms with Gasteiger partial charge in [0.25, 0.3) is 0 Å². The minimum absolute atomic E-state index is 0.164. The molecule has 0 unspecified atom stereocenters. The van der Waals surface area contributed by atoms with Crippen LogP contribution in [0.2, 0.25) is 0 Å². The molecule has 0 spiro atoms. The van der Waals surface area contributed by atoms with Gasteiger partial charge in [0.2, 0.25) is 0 Å². The number of amidine groups is 1. The molecule has 3 nitrogen and oxygen atoms in total. The van der Waals surface area contributed by atoms with Gasteiger partial charge in [-0.2, -0.15) is 0 Å². The largest absolute Gasteiger partial charge is 0.387 e. The third kappa shape index (κ3) is 4.09. The maximum absolute atomic E-state index is 7.47. The Morgan fingerprint density at radius 1 is 1.43 bits per heavy atom. The third-order valence-corrected chi connectivity index (χ3v) is 2.89. The van der Waals surface area contributed by atoms with Crippen LogP contribution >= 0.6 is 0 Å². The van der Waals surface area contributed by atoms with E-state index >= 15 is 0 Å². The zero-order chi connectivity index (χ0) is 11.4. The Kier molecular flexibility index (Phi) is 5.13. The van der Waals surface area contributed by atoms with Crippen LogP contribution in [0, 0.1) is 10.8 Å². The van der Waals surface area contributed by atoms with Crippen LogP contribution in [-0.4, -0.2) is 29.9 Å². The van der Waals surface area contributed by atoms with Crippen molar-refractivity contribution in [2.45, 2.75) is 47.1 Å². The maximum Gasteiger partial charge on any atom is 0.0963 e. The highest BCUT2D eigenvalue weighted by molar-refractivity contribution is 5.82. The molecule has 0 fully saturated rings. The van der Waals surface area contributed by atoms with Gasteiger partial charge in [-0.15, -0.1) is 0 Å². The van der Waals surface area contributed by atoms with Crippen LogP contribution in [-0.2, 0) is 0 Å². The summed E-state index contributed by atoms with van der Waals surface area (Å²) in [4.78, 5) is 2.39. The highest BCUT2D eigenvalue weighted by atomic mass is 15.1. The molecule has 84 valence electrons. The Morgan fingerprint density at radius 3 is 2.21 bits per heavy atom. The molecule has 3 heteroatoms.